The molecule has 1 aromatic heterocycles. The Morgan fingerprint density at radius 1 is 1.60 bits per heavy atom. The zero-order chi connectivity index (χ0) is 11.6. The van der Waals surface area contributed by atoms with Crippen LogP contribution in [0.25, 0.3) is 0 Å². The summed E-state index contributed by atoms with van der Waals surface area (Å²) in [6.07, 6.45) is 0. The van der Waals surface area contributed by atoms with E-state index in [9.17, 15) is 4.79 Å². The summed E-state index contributed by atoms with van der Waals surface area (Å²) in [5.41, 5.74) is -1.03. The van der Waals surface area contributed by atoms with Gasteiger partial charge in [0.05, 0.1) is 0 Å². The van der Waals surface area contributed by atoms with Crippen LogP contribution in [0.4, 0.5) is 5.95 Å². The molecular formula is C8H15N5O2. The van der Waals surface area contributed by atoms with Crippen molar-refractivity contribution in [1.82, 2.24) is 20.2 Å². The maximum absolute atomic E-state index is 11.1. The lowest BCUT2D eigenvalue weighted by molar-refractivity contribution is -0.142. The molecule has 0 saturated carbocycles. The van der Waals surface area contributed by atoms with Gasteiger partial charge >= 0.3 is 5.97 Å². The Bertz CT molecular complexity index is 360. The first-order chi connectivity index (χ1) is 6.91. The summed E-state index contributed by atoms with van der Waals surface area (Å²) in [5, 5.41) is 20.1. The maximum atomic E-state index is 11.1. The van der Waals surface area contributed by atoms with Crippen LogP contribution >= 0.6 is 0 Å². The van der Waals surface area contributed by atoms with Gasteiger partial charge in [0.2, 0.25) is 5.95 Å². The first-order valence-electron chi connectivity index (χ1n) is 4.64. The zero-order valence-electron chi connectivity index (χ0n) is 9.30. The standard InChI is InChI=1S/C8H15N5O2/c1-5-13(8(2,3)6(14)15)7-9-10-11-12(7)4/h5H2,1-4H3,(H,14,15). The van der Waals surface area contributed by atoms with Gasteiger partial charge in [0.15, 0.2) is 0 Å². The molecule has 0 unspecified atom stereocenters. The number of anilines is 1. The van der Waals surface area contributed by atoms with Gasteiger partial charge in [0, 0.05) is 13.6 Å². The lowest BCUT2D eigenvalue weighted by Gasteiger charge is -2.33. The lowest BCUT2D eigenvalue weighted by Crippen LogP contribution is -2.51. The summed E-state index contributed by atoms with van der Waals surface area (Å²) in [5.74, 6) is -0.461. The quantitative estimate of drug-likeness (QED) is 0.751. The second-order valence-electron chi connectivity index (χ2n) is 3.71. The molecule has 0 fully saturated rings. The number of carbonyl (C=O) groups is 1. The molecular weight excluding hydrogens is 198 g/mol. The summed E-state index contributed by atoms with van der Waals surface area (Å²) in [7, 11) is 1.68. The van der Waals surface area contributed by atoms with Crippen LogP contribution in [0, 0.1) is 0 Å². The van der Waals surface area contributed by atoms with Gasteiger partial charge < -0.3 is 10.0 Å². The van der Waals surface area contributed by atoms with Gasteiger partial charge in [0.25, 0.3) is 0 Å². The monoisotopic (exact) mass is 213 g/mol. The Labute approximate surface area is 87.7 Å². The molecule has 0 aliphatic rings. The van der Waals surface area contributed by atoms with Gasteiger partial charge in [-0.25, -0.2) is 9.48 Å². The number of nitrogens with zero attached hydrogens (tertiary/aromatic N) is 5. The van der Waals surface area contributed by atoms with E-state index in [0.29, 0.717) is 12.5 Å². The third-order valence-electron chi connectivity index (χ3n) is 2.35. The minimum Gasteiger partial charge on any atom is -0.480 e. The summed E-state index contributed by atoms with van der Waals surface area (Å²) < 4.78 is 1.45. The minimum atomic E-state index is -1.03. The molecule has 15 heavy (non-hydrogen) atoms. The summed E-state index contributed by atoms with van der Waals surface area (Å²) in [4.78, 5) is 12.7. The predicted molar refractivity (Wildman–Crippen MR) is 53.5 cm³/mol. The van der Waals surface area contributed by atoms with Crippen LogP contribution < -0.4 is 4.90 Å². The fourth-order valence-electron chi connectivity index (χ4n) is 1.36. The van der Waals surface area contributed by atoms with Gasteiger partial charge in [-0.2, -0.15) is 0 Å². The lowest BCUT2D eigenvalue weighted by atomic mass is 10.0. The fourth-order valence-corrected chi connectivity index (χ4v) is 1.36. The van der Waals surface area contributed by atoms with E-state index in [1.165, 1.54) is 4.68 Å². The highest BCUT2D eigenvalue weighted by Crippen LogP contribution is 2.20. The maximum Gasteiger partial charge on any atom is 0.329 e. The second-order valence-corrected chi connectivity index (χ2v) is 3.71. The first kappa shape index (κ1) is 11.4. The molecule has 0 bridgehead atoms. The first-order valence-corrected chi connectivity index (χ1v) is 4.64. The molecule has 0 radical (unpaired) electrons. The third kappa shape index (κ3) is 1.90. The number of aryl methyl sites for hydroxylation is 1. The van der Waals surface area contributed by atoms with E-state index in [-0.39, 0.29) is 0 Å². The fraction of sp³-hybridized carbons (Fsp3) is 0.750. The van der Waals surface area contributed by atoms with Crippen LogP contribution in [0.15, 0.2) is 0 Å². The molecule has 0 aliphatic heterocycles. The van der Waals surface area contributed by atoms with Gasteiger partial charge in [-0.05, 0) is 31.2 Å². The largest absolute Gasteiger partial charge is 0.480 e. The zero-order valence-corrected chi connectivity index (χ0v) is 9.30. The SMILES string of the molecule is CCN(c1nnnn1C)C(C)(C)C(=O)O. The molecule has 1 rings (SSSR count). The van der Waals surface area contributed by atoms with E-state index >= 15 is 0 Å². The normalized spacial score (nSPS) is 11.5. The molecule has 1 heterocycles. The number of aliphatic carboxylic acids is 1. The van der Waals surface area contributed by atoms with Crippen molar-refractivity contribution >= 4 is 11.9 Å². The molecule has 0 saturated heterocycles. The van der Waals surface area contributed by atoms with Crippen LogP contribution in [0.2, 0.25) is 0 Å². The van der Waals surface area contributed by atoms with Crippen molar-refractivity contribution in [1.29, 1.82) is 0 Å². The molecule has 0 aliphatic carbocycles. The Kier molecular flexibility index (Phi) is 2.92. The number of hydrogen-bond donors (Lipinski definition) is 1. The number of tetrazole rings is 1. The van der Waals surface area contributed by atoms with Crippen molar-refractivity contribution in [2.45, 2.75) is 26.3 Å². The Morgan fingerprint density at radius 3 is 2.53 bits per heavy atom. The minimum absolute atomic E-state index is 0.449. The van der Waals surface area contributed by atoms with Crippen molar-refractivity contribution < 1.29 is 9.90 Å². The predicted octanol–water partition coefficient (Wildman–Crippen LogP) is -0.100. The van der Waals surface area contributed by atoms with Crippen molar-refractivity contribution in [2.24, 2.45) is 7.05 Å². The number of carboxylic acids is 1. The molecule has 0 atom stereocenters. The van der Waals surface area contributed by atoms with Crippen LogP contribution in [0.3, 0.4) is 0 Å². The van der Waals surface area contributed by atoms with Gasteiger partial charge in [-0.15, -0.1) is 0 Å². The van der Waals surface area contributed by atoms with Gasteiger partial charge in [-0.3, -0.25) is 0 Å². The van der Waals surface area contributed by atoms with E-state index in [1.54, 1.807) is 25.8 Å². The van der Waals surface area contributed by atoms with E-state index < -0.39 is 11.5 Å². The van der Waals surface area contributed by atoms with E-state index in [2.05, 4.69) is 15.5 Å². The number of rotatable bonds is 4. The number of likely N-dealkylation sites (N-methyl/N-ethyl adjacent to an activating group) is 1. The van der Waals surface area contributed by atoms with Crippen LogP contribution in [0.5, 0.6) is 0 Å². The molecule has 7 nitrogen and oxygen atoms in total. The van der Waals surface area contributed by atoms with Gasteiger partial charge in [0.1, 0.15) is 5.54 Å². The third-order valence-corrected chi connectivity index (χ3v) is 2.35. The highest BCUT2D eigenvalue weighted by molar-refractivity contribution is 5.81. The highest BCUT2D eigenvalue weighted by Gasteiger charge is 2.36. The van der Waals surface area contributed by atoms with Gasteiger partial charge in [-0.1, -0.05) is 5.10 Å². The topological polar surface area (TPSA) is 84.1 Å². The van der Waals surface area contributed by atoms with Crippen LogP contribution in [-0.4, -0.2) is 43.4 Å². The summed E-state index contributed by atoms with van der Waals surface area (Å²) in [6, 6.07) is 0. The Balaban J connectivity index is 3.10. The van der Waals surface area contributed by atoms with Crippen LogP contribution in [0.1, 0.15) is 20.8 Å². The van der Waals surface area contributed by atoms with Crippen LogP contribution in [-0.2, 0) is 11.8 Å². The van der Waals surface area contributed by atoms with Crippen molar-refractivity contribution in [3.05, 3.63) is 0 Å². The van der Waals surface area contributed by atoms with E-state index in [0.717, 1.165) is 0 Å². The Morgan fingerprint density at radius 2 is 2.20 bits per heavy atom. The molecule has 84 valence electrons. The molecule has 0 spiro atoms. The molecule has 1 N–H and O–H groups in total. The van der Waals surface area contributed by atoms with E-state index in [4.69, 9.17) is 5.11 Å². The average Bonchev–Trinajstić information content (AvgIpc) is 2.53. The summed E-state index contributed by atoms with van der Waals surface area (Å²) >= 11 is 0. The smallest absolute Gasteiger partial charge is 0.329 e. The molecule has 0 aromatic carbocycles. The van der Waals surface area contributed by atoms with E-state index in [1.807, 2.05) is 6.92 Å². The number of hydrogen-bond acceptors (Lipinski definition) is 5. The Hall–Kier alpha value is -1.66. The molecule has 0 amide bonds. The van der Waals surface area contributed by atoms with Crippen molar-refractivity contribution in [3.63, 3.8) is 0 Å². The highest BCUT2D eigenvalue weighted by atomic mass is 16.4. The second kappa shape index (κ2) is 3.84. The molecule has 7 heteroatoms. The van der Waals surface area contributed by atoms with Crippen molar-refractivity contribution in [3.8, 4) is 0 Å². The number of aromatic nitrogens is 4. The van der Waals surface area contributed by atoms with Crippen molar-refractivity contribution in [2.75, 3.05) is 11.4 Å². The summed E-state index contributed by atoms with van der Waals surface area (Å²) in [6.45, 7) is 5.62. The molecule has 1 aromatic rings. The number of carboxylic acid groups (broad SMARTS) is 1. The average molecular weight is 213 g/mol.